The first-order valence-electron chi connectivity index (χ1n) is 4.51. The first-order chi connectivity index (χ1) is 4.72. The summed E-state index contributed by atoms with van der Waals surface area (Å²) in [7, 11) is 0. The minimum Gasteiger partial charge on any atom is -0.0651 e. The van der Waals surface area contributed by atoms with Crippen molar-refractivity contribution in [1.82, 2.24) is 0 Å². The lowest BCUT2D eigenvalue weighted by Crippen LogP contribution is -2.06. The van der Waals surface area contributed by atoms with Crippen LogP contribution in [0.2, 0.25) is 0 Å². The molecule has 0 spiro atoms. The van der Waals surface area contributed by atoms with Crippen LogP contribution in [0.5, 0.6) is 0 Å². The maximum absolute atomic E-state index is 3.85. The molecule has 0 radical (unpaired) electrons. The molecule has 0 nitrogen and oxygen atoms in total. The average molecular weight is 141 g/mol. The Labute approximate surface area is 66.0 Å². The fourth-order valence-corrected chi connectivity index (χ4v) is 1.42. The monoisotopic (exact) mass is 141 g/mol. The molecule has 10 heavy (non-hydrogen) atoms. The molecular weight excluding hydrogens is 120 g/mol. The van der Waals surface area contributed by atoms with E-state index in [1.54, 1.807) is 0 Å². The summed E-state index contributed by atoms with van der Waals surface area (Å²) in [5.74, 6) is 1.79. The lowest BCUT2D eigenvalue weighted by atomic mass is 9.89. The van der Waals surface area contributed by atoms with Crippen molar-refractivity contribution in [3.05, 3.63) is 6.92 Å². The molecule has 0 N–H and O–H groups in total. The van der Waals surface area contributed by atoms with Crippen LogP contribution in [0.15, 0.2) is 0 Å². The van der Waals surface area contributed by atoms with Gasteiger partial charge in [-0.05, 0) is 24.7 Å². The number of hydrogen-bond donors (Lipinski definition) is 0. The van der Waals surface area contributed by atoms with E-state index in [1.165, 1.54) is 19.3 Å². The van der Waals surface area contributed by atoms with Gasteiger partial charge in [-0.3, -0.25) is 0 Å². The normalized spacial score (nSPS) is 14.0. The second kappa shape index (κ2) is 5.64. The Morgan fingerprint density at radius 3 is 2.20 bits per heavy atom. The highest BCUT2D eigenvalue weighted by Gasteiger charge is 2.09. The van der Waals surface area contributed by atoms with Crippen LogP contribution >= 0.6 is 0 Å². The van der Waals surface area contributed by atoms with Crippen molar-refractivity contribution >= 4 is 0 Å². The highest BCUT2D eigenvalue weighted by Crippen LogP contribution is 2.20. The summed E-state index contributed by atoms with van der Waals surface area (Å²) < 4.78 is 0. The fourth-order valence-electron chi connectivity index (χ4n) is 1.42. The van der Waals surface area contributed by atoms with Crippen LogP contribution in [0.25, 0.3) is 0 Å². The van der Waals surface area contributed by atoms with Gasteiger partial charge in [-0.1, -0.05) is 27.2 Å². The molecule has 0 aromatic carbocycles. The molecule has 0 bridgehead atoms. The molecule has 0 aromatic heterocycles. The van der Waals surface area contributed by atoms with Gasteiger partial charge in [0.1, 0.15) is 0 Å². The molecule has 0 saturated heterocycles. The van der Waals surface area contributed by atoms with E-state index in [4.69, 9.17) is 0 Å². The summed E-state index contributed by atoms with van der Waals surface area (Å²) in [5.41, 5.74) is 0. The average Bonchev–Trinajstić information content (AvgIpc) is 1.89. The Bertz CT molecular complexity index is 64.4. The quantitative estimate of drug-likeness (QED) is 0.512. The van der Waals surface area contributed by atoms with Gasteiger partial charge in [0, 0.05) is 0 Å². The molecule has 0 saturated carbocycles. The molecule has 1 atom stereocenters. The van der Waals surface area contributed by atoms with E-state index in [-0.39, 0.29) is 0 Å². The zero-order valence-electron chi connectivity index (χ0n) is 7.69. The van der Waals surface area contributed by atoms with Crippen molar-refractivity contribution in [2.24, 2.45) is 11.8 Å². The van der Waals surface area contributed by atoms with Gasteiger partial charge in [-0.25, -0.2) is 0 Å². The van der Waals surface area contributed by atoms with E-state index in [0.29, 0.717) is 0 Å². The smallest absolute Gasteiger partial charge is 0.0651 e. The topological polar surface area (TPSA) is 0 Å². The van der Waals surface area contributed by atoms with Crippen LogP contribution in [0.1, 0.15) is 46.5 Å². The minimum absolute atomic E-state index is 0.858. The van der Waals surface area contributed by atoms with Gasteiger partial charge in [0.05, 0.1) is 13.3 Å². The van der Waals surface area contributed by atoms with Gasteiger partial charge in [-0.2, -0.15) is 0 Å². The van der Waals surface area contributed by atoms with Crippen LogP contribution < -0.4 is 0 Å². The summed E-state index contributed by atoms with van der Waals surface area (Å²) in [6.45, 7) is 10.8. The number of unbranched alkanes of at least 4 members (excludes halogenated alkanes) is 1. The molecular formula is C10H21+. The standard InChI is InChI=1S/C10H21/c1-5-7-8-10(6-2)9(3)4/h9-10H,1,5-8H2,2-4H3/q+1. The third kappa shape index (κ3) is 3.81. The molecule has 0 heterocycles. The van der Waals surface area contributed by atoms with E-state index in [9.17, 15) is 0 Å². The third-order valence-corrected chi connectivity index (χ3v) is 2.29. The van der Waals surface area contributed by atoms with Gasteiger partial charge >= 0.3 is 0 Å². The van der Waals surface area contributed by atoms with E-state index < -0.39 is 0 Å². The molecule has 0 aromatic rings. The molecule has 0 heteroatoms. The van der Waals surface area contributed by atoms with E-state index >= 15 is 0 Å². The van der Waals surface area contributed by atoms with Gasteiger partial charge in [-0.15, -0.1) is 0 Å². The molecule has 0 fully saturated rings. The summed E-state index contributed by atoms with van der Waals surface area (Å²) in [6, 6.07) is 0. The number of rotatable bonds is 5. The summed E-state index contributed by atoms with van der Waals surface area (Å²) in [5, 5.41) is 0. The van der Waals surface area contributed by atoms with Gasteiger partial charge in [0.15, 0.2) is 0 Å². The van der Waals surface area contributed by atoms with Crippen molar-refractivity contribution in [3.8, 4) is 0 Å². The highest BCUT2D eigenvalue weighted by molar-refractivity contribution is 4.61. The zero-order valence-corrected chi connectivity index (χ0v) is 7.69. The minimum atomic E-state index is 0.858. The molecule has 60 valence electrons. The lowest BCUT2D eigenvalue weighted by Gasteiger charge is -2.17. The summed E-state index contributed by atoms with van der Waals surface area (Å²) in [6.07, 6.45) is 5.11. The SMILES string of the molecule is [CH2+]CCCC(CC)C(C)C. The molecule has 0 aliphatic rings. The predicted octanol–water partition coefficient (Wildman–Crippen LogP) is 3.67. The van der Waals surface area contributed by atoms with Crippen LogP contribution in [-0.4, -0.2) is 0 Å². The fraction of sp³-hybridized carbons (Fsp3) is 0.900. The molecule has 0 amide bonds. The molecule has 0 rings (SSSR count). The molecule has 1 unspecified atom stereocenters. The van der Waals surface area contributed by atoms with Crippen LogP contribution in [0, 0.1) is 18.8 Å². The Morgan fingerprint density at radius 2 is 1.90 bits per heavy atom. The van der Waals surface area contributed by atoms with Gasteiger partial charge in [0.25, 0.3) is 0 Å². The van der Waals surface area contributed by atoms with Crippen LogP contribution in [0.3, 0.4) is 0 Å². The van der Waals surface area contributed by atoms with E-state index in [1.807, 2.05) is 0 Å². The predicted molar refractivity (Wildman–Crippen MR) is 47.8 cm³/mol. The second-order valence-corrected chi connectivity index (χ2v) is 3.41. The highest BCUT2D eigenvalue weighted by atomic mass is 14.1. The Morgan fingerprint density at radius 1 is 1.30 bits per heavy atom. The second-order valence-electron chi connectivity index (χ2n) is 3.41. The van der Waals surface area contributed by atoms with Crippen molar-refractivity contribution in [1.29, 1.82) is 0 Å². The maximum atomic E-state index is 3.85. The van der Waals surface area contributed by atoms with E-state index in [0.717, 1.165) is 18.3 Å². The Kier molecular flexibility index (Phi) is 5.57. The maximum Gasteiger partial charge on any atom is 0.0850 e. The largest absolute Gasteiger partial charge is 0.0850 e. The van der Waals surface area contributed by atoms with Gasteiger partial charge < -0.3 is 0 Å². The zero-order chi connectivity index (χ0) is 7.98. The Hall–Kier alpha value is -0.130. The first kappa shape index (κ1) is 9.87. The van der Waals surface area contributed by atoms with Crippen molar-refractivity contribution in [3.63, 3.8) is 0 Å². The number of hydrogen-bond acceptors (Lipinski definition) is 0. The third-order valence-electron chi connectivity index (χ3n) is 2.29. The Balaban J connectivity index is 3.40. The molecule has 0 aliphatic carbocycles. The summed E-state index contributed by atoms with van der Waals surface area (Å²) in [4.78, 5) is 0. The van der Waals surface area contributed by atoms with Crippen LogP contribution in [-0.2, 0) is 0 Å². The van der Waals surface area contributed by atoms with E-state index in [2.05, 4.69) is 27.7 Å². The lowest BCUT2D eigenvalue weighted by molar-refractivity contribution is 0.341. The van der Waals surface area contributed by atoms with Crippen molar-refractivity contribution < 1.29 is 0 Å². The first-order valence-corrected chi connectivity index (χ1v) is 4.51. The van der Waals surface area contributed by atoms with Crippen LogP contribution in [0.4, 0.5) is 0 Å². The molecule has 0 aliphatic heterocycles. The van der Waals surface area contributed by atoms with Crippen molar-refractivity contribution in [2.45, 2.75) is 46.5 Å². The summed E-state index contributed by atoms with van der Waals surface area (Å²) >= 11 is 0. The van der Waals surface area contributed by atoms with Gasteiger partial charge in [0.2, 0.25) is 0 Å². The van der Waals surface area contributed by atoms with Crippen molar-refractivity contribution in [2.75, 3.05) is 0 Å².